The van der Waals surface area contributed by atoms with Gasteiger partial charge < -0.3 is 0 Å². The Morgan fingerprint density at radius 1 is 1.24 bits per heavy atom. The molecular formula is C17H13Cl2N4OS+. The molecule has 3 N–H and O–H groups in total. The van der Waals surface area contributed by atoms with Gasteiger partial charge >= 0.3 is 0 Å². The summed E-state index contributed by atoms with van der Waals surface area (Å²) >= 11 is 12.9. The Morgan fingerprint density at radius 2 is 1.92 bits per heavy atom. The molecular weight excluding hydrogens is 379 g/mol. The third kappa shape index (κ3) is 4.05. The molecule has 1 aromatic carbocycles. The van der Waals surface area contributed by atoms with Gasteiger partial charge in [0.1, 0.15) is 23.3 Å². The number of aromatic amines is 1. The van der Waals surface area contributed by atoms with E-state index in [-0.39, 0.29) is 22.9 Å². The molecule has 0 saturated heterocycles. The molecule has 126 valence electrons. The number of carbonyl (C=O) groups excluding carboxylic acids is 1. The van der Waals surface area contributed by atoms with Crippen molar-refractivity contribution in [3.8, 4) is 12.1 Å². The lowest BCUT2D eigenvalue weighted by molar-refractivity contribution is -0.410. The van der Waals surface area contributed by atoms with Gasteiger partial charge in [-0.2, -0.15) is 10.5 Å². The third-order valence-corrected chi connectivity index (χ3v) is 5.25. The van der Waals surface area contributed by atoms with Crippen LogP contribution in [0.3, 0.4) is 0 Å². The number of halogens is 2. The average molecular weight is 392 g/mol. The van der Waals surface area contributed by atoms with Crippen LogP contribution in [0.4, 0.5) is 5.82 Å². The Kier molecular flexibility index (Phi) is 6.27. The van der Waals surface area contributed by atoms with Crippen molar-refractivity contribution in [2.75, 3.05) is 11.5 Å². The van der Waals surface area contributed by atoms with Crippen LogP contribution in [0.2, 0.25) is 10.0 Å². The highest BCUT2D eigenvalue weighted by Crippen LogP contribution is 2.27. The maximum atomic E-state index is 12.3. The highest BCUT2D eigenvalue weighted by molar-refractivity contribution is 7.99. The zero-order chi connectivity index (χ0) is 18.6. The molecule has 0 aliphatic carbocycles. The van der Waals surface area contributed by atoms with E-state index in [2.05, 4.69) is 11.1 Å². The summed E-state index contributed by atoms with van der Waals surface area (Å²) in [6.45, 7) is 1.84. The zero-order valence-electron chi connectivity index (χ0n) is 13.2. The highest BCUT2D eigenvalue weighted by Gasteiger charge is 2.22. The lowest BCUT2D eigenvalue weighted by atomic mass is 10.0. The Morgan fingerprint density at radius 3 is 2.48 bits per heavy atom. The van der Waals surface area contributed by atoms with Crippen LogP contribution < -0.4 is 10.7 Å². The average Bonchev–Trinajstić information content (AvgIpc) is 2.61. The third-order valence-electron chi connectivity index (χ3n) is 3.51. The van der Waals surface area contributed by atoms with E-state index in [1.165, 1.54) is 6.07 Å². The van der Waals surface area contributed by atoms with Crippen molar-refractivity contribution in [2.24, 2.45) is 0 Å². The SMILES string of the molecule is CCc1c(C#N)c(N)[nH+]c(SCC(=O)c2ccc(Cl)c(Cl)c2)c1C#N. The van der Waals surface area contributed by atoms with Gasteiger partial charge in [0.25, 0.3) is 5.82 Å². The second-order valence-corrected chi connectivity index (χ2v) is 6.81. The fraction of sp³-hybridized carbons (Fsp3) is 0.176. The van der Waals surface area contributed by atoms with E-state index in [1.54, 1.807) is 12.1 Å². The Balaban J connectivity index is 2.30. The van der Waals surface area contributed by atoms with Gasteiger partial charge in [-0.15, -0.1) is 0 Å². The highest BCUT2D eigenvalue weighted by atomic mass is 35.5. The molecule has 1 aromatic heterocycles. The van der Waals surface area contributed by atoms with Crippen LogP contribution in [0, 0.1) is 22.7 Å². The fourth-order valence-corrected chi connectivity index (χ4v) is 3.51. The minimum absolute atomic E-state index is 0.0810. The lowest BCUT2D eigenvalue weighted by Gasteiger charge is -2.08. The number of hydrogen-bond donors (Lipinski definition) is 1. The molecule has 0 amide bonds. The second kappa shape index (κ2) is 8.22. The largest absolute Gasteiger partial charge is 0.293 e. The quantitative estimate of drug-likeness (QED) is 0.617. The van der Waals surface area contributed by atoms with E-state index in [4.69, 9.17) is 28.9 Å². The predicted octanol–water partition coefficient (Wildman–Crippen LogP) is 3.67. The number of carbonyl (C=O) groups is 1. The van der Waals surface area contributed by atoms with Gasteiger partial charge in [0.05, 0.1) is 15.8 Å². The van der Waals surface area contributed by atoms with Crippen LogP contribution in [0.15, 0.2) is 23.2 Å². The van der Waals surface area contributed by atoms with E-state index < -0.39 is 0 Å². The predicted molar refractivity (Wildman–Crippen MR) is 97.7 cm³/mol. The number of aromatic nitrogens is 1. The first-order valence-electron chi connectivity index (χ1n) is 7.21. The minimum atomic E-state index is -0.165. The lowest BCUT2D eigenvalue weighted by Crippen LogP contribution is -2.20. The zero-order valence-corrected chi connectivity index (χ0v) is 15.5. The first kappa shape index (κ1) is 19.1. The molecule has 0 bridgehead atoms. The number of thioether (sulfide) groups is 1. The molecule has 25 heavy (non-hydrogen) atoms. The monoisotopic (exact) mass is 391 g/mol. The van der Waals surface area contributed by atoms with Crippen molar-refractivity contribution in [2.45, 2.75) is 18.4 Å². The van der Waals surface area contributed by atoms with Gasteiger partial charge in [0.15, 0.2) is 10.8 Å². The number of benzene rings is 1. The van der Waals surface area contributed by atoms with Gasteiger partial charge in [0.2, 0.25) is 0 Å². The molecule has 2 aromatic rings. The van der Waals surface area contributed by atoms with Gasteiger partial charge in [-0.3, -0.25) is 10.5 Å². The van der Waals surface area contributed by atoms with E-state index in [1.807, 2.05) is 13.0 Å². The molecule has 0 aliphatic rings. The number of nitrogens with one attached hydrogen (secondary N) is 1. The topological polar surface area (TPSA) is 105 Å². The first-order valence-corrected chi connectivity index (χ1v) is 8.95. The van der Waals surface area contributed by atoms with Gasteiger partial charge in [-0.1, -0.05) is 41.9 Å². The van der Waals surface area contributed by atoms with Crippen molar-refractivity contribution in [1.29, 1.82) is 10.5 Å². The summed E-state index contributed by atoms with van der Waals surface area (Å²) in [6, 6.07) is 8.76. The molecule has 0 atom stereocenters. The number of nitrogens with two attached hydrogens (primary N) is 1. The standard InChI is InChI=1S/C17H12Cl2N4OS/c1-2-10-11(6-20)16(22)23-17(12(10)7-21)25-8-15(24)9-3-4-13(18)14(19)5-9/h3-5H,2,8H2,1H3,(H2,22,23)/p+1. The number of anilines is 1. The number of H-pyrrole nitrogens is 1. The summed E-state index contributed by atoms with van der Waals surface area (Å²) in [5, 5.41) is 19.8. The summed E-state index contributed by atoms with van der Waals surface area (Å²) in [5.74, 6) is 0.0992. The Hall–Kier alpha value is -2.25. The van der Waals surface area contributed by atoms with E-state index >= 15 is 0 Å². The molecule has 0 saturated carbocycles. The molecule has 1 heterocycles. The van der Waals surface area contributed by atoms with Crippen LogP contribution in [-0.2, 0) is 6.42 Å². The number of nitriles is 2. The number of rotatable bonds is 5. The Bertz CT molecular complexity index is 932. The molecule has 2 rings (SSSR count). The van der Waals surface area contributed by atoms with Gasteiger partial charge in [-0.05, 0) is 24.6 Å². The normalized spacial score (nSPS) is 10.1. The van der Waals surface area contributed by atoms with Crippen molar-refractivity contribution in [3.63, 3.8) is 0 Å². The van der Waals surface area contributed by atoms with Crippen molar-refractivity contribution in [3.05, 3.63) is 50.5 Å². The summed E-state index contributed by atoms with van der Waals surface area (Å²) < 4.78 is 0. The number of pyridine rings is 1. The van der Waals surface area contributed by atoms with Gasteiger partial charge in [-0.25, -0.2) is 4.98 Å². The van der Waals surface area contributed by atoms with Crippen LogP contribution in [0.25, 0.3) is 0 Å². The van der Waals surface area contributed by atoms with E-state index in [0.717, 1.165) is 11.8 Å². The summed E-state index contributed by atoms with van der Waals surface area (Å²) in [5.41, 5.74) is 7.47. The molecule has 0 aliphatic heterocycles. The smallest absolute Gasteiger partial charge is 0.289 e. The number of ketones is 1. The second-order valence-electron chi connectivity index (χ2n) is 5.01. The van der Waals surface area contributed by atoms with Gasteiger partial charge in [0, 0.05) is 11.1 Å². The maximum absolute atomic E-state index is 12.3. The van der Waals surface area contributed by atoms with Crippen LogP contribution >= 0.6 is 35.0 Å². The van der Waals surface area contributed by atoms with Crippen LogP contribution in [0.5, 0.6) is 0 Å². The molecule has 0 radical (unpaired) electrons. The van der Waals surface area contributed by atoms with Crippen molar-refractivity contribution in [1.82, 2.24) is 0 Å². The van der Waals surface area contributed by atoms with E-state index in [9.17, 15) is 15.3 Å². The van der Waals surface area contributed by atoms with Crippen LogP contribution in [0.1, 0.15) is 34.0 Å². The number of nitrogen functional groups attached to an aromatic ring is 1. The number of nitrogens with zero attached hydrogens (tertiary/aromatic N) is 2. The molecule has 0 unspecified atom stereocenters. The molecule has 8 heteroatoms. The first-order chi connectivity index (χ1) is 11.9. The minimum Gasteiger partial charge on any atom is -0.293 e. The molecule has 0 fully saturated rings. The van der Waals surface area contributed by atoms with Crippen molar-refractivity contribution < 1.29 is 9.78 Å². The summed E-state index contributed by atoms with van der Waals surface area (Å²) in [6.07, 6.45) is 0.485. The maximum Gasteiger partial charge on any atom is 0.289 e. The van der Waals surface area contributed by atoms with E-state index in [0.29, 0.717) is 38.2 Å². The van der Waals surface area contributed by atoms with Crippen LogP contribution in [-0.4, -0.2) is 11.5 Å². The summed E-state index contributed by atoms with van der Waals surface area (Å²) in [4.78, 5) is 15.2. The number of Topliss-reactive ketones (excluding diaryl/α,β-unsaturated/α-hetero) is 1. The molecule has 5 nitrogen and oxygen atoms in total. The number of hydrogen-bond acceptors (Lipinski definition) is 5. The molecule has 0 spiro atoms. The van der Waals surface area contributed by atoms with Crippen molar-refractivity contribution >= 4 is 46.6 Å². The Labute approximate surface area is 159 Å². The summed E-state index contributed by atoms with van der Waals surface area (Å²) in [7, 11) is 0. The fourth-order valence-electron chi connectivity index (χ4n) is 2.27.